The van der Waals surface area contributed by atoms with Gasteiger partial charge in [0.15, 0.2) is 0 Å². The first-order valence-corrected chi connectivity index (χ1v) is 11.3. The normalized spacial score (nSPS) is 19.3. The third kappa shape index (κ3) is 4.96. The molecule has 7 heteroatoms. The van der Waals surface area contributed by atoms with Crippen molar-refractivity contribution >= 4 is 29.2 Å². The van der Waals surface area contributed by atoms with Crippen LogP contribution in [0.25, 0.3) is 0 Å². The Bertz CT molecular complexity index is 925. The molecule has 1 N–H and O–H groups in total. The fraction of sp³-hybridized carbons (Fsp3) is 0.417. The van der Waals surface area contributed by atoms with Crippen molar-refractivity contribution < 1.29 is 9.59 Å². The number of urea groups is 1. The number of anilines is 1. The molecule has 2 fully saturated rings. The molecule has 0 radical (unpaired) electrons. The number of benzene rings is 2. The van der Waals surface area contributed by atoms with E-state index in [0.29, 0.717) is 19.6 Å². The smallest absolute Gasteiger partial charge is 0.317 e. The van der Waals surface area contributed by atoms with E-state index in [1.807, 2.05) is 52.3 Å². The highest BCUT2D eigenvalue weighted by atomic mass is 35.5. The Kier molecular flexibility index (Phi) is 6.66. The topological polar surface area (TPSA) is 55.9 Å². The number of nitrogens with zero attached hydrogens (tertiary/aromatic N) is 3. The van der Waals surface area contributed by atoms with E-state index in [1.165, 1.54) is 0 Å². The molecule has 0 aromatic heterocycles. The Hall–Kier alpha value is -2.73. The first-order chi connectivity index (χ1) is 15.0. The number of hydrogen-bond acceptors (Lipinski definition) is 3. The van der Waals surface area contributed by atoms with Crippen LogP contribution in [0, 0.1) is 0 Å². The molecule has 0 bridgehead atoms. The van der Waals surface area contributed by atoms with Crippen LogP contribution in [0.3, 0.4) is 0 Å². The lowest BCUT2D eigenvalue weighted by Gasteiger charge is -2.36. The second kappa shape index (κ2) is 9.60. The third-order valence-corrected chi connectivity index (χ3v) is 6.54. The maximum Gasteiger partial charge on any atom is 0.317 e. The molecule has 2 aromatic rings. The van der Waals surface area contributed by atoms with E-state index in [-0.39, 0.29) is 17.9 Å². The minimum atomic E-state index is -0.0320. The molecular weight excluding hydrogens is 412 g/mol. The summed E-state index contributed by atoms with van der Waals surface area (Å²) in [6.45, 7) is 4.47. The first kappa shape index (κ1) is 21.5. The van der Waals surface area contributed by atoms with E-state index in [4.69, 9.17) is 11.6 Å². The van der Waals surface area contributed by atoms with E-state index in [0.717, 1.165) is 54.3 Å². The fourth-order valence-corrected chi connectivity index (χ4v) is 4.65. The Morgan fingerprint density at radius 2 is 1.71 bits per heavy atom. The molecule has 2 aromatic carbocycles. The Morgan fingerprint density at radius 3 is 2.42 bits per heavy atom. The van der Waals surface area contributed by atoms with Crippen LogP contribution in [0.2, 0.25) is 5.02 Å². The number of hydrogen-bond donors (Lipinski definition) is 1. The van der Waals surface area contributed by atoms with E-state index in [9.17, 15) is 9.59 Å². The lowest BCUT2D eigenvalue weighted by atomic mass is 9.89. The van der Waals surface area contributed by atoms with E-state index < -0.39 is 0 Å². The molecule has 0 unspecified atom stereocenters. The van der Waals surface area contributed by atoms with Crippen molar-refractivity contribution in [1.82, 2.24) is 15.1 Å². The SMILES string of the molecule is CNC(=O)N1CCC[C@H](c2cccc(C(=O)N3CCN(c4ccc(Cl)cc4)CC3)c2)C1. The number of halogens is 1. The molecule has 31 heavy (non-hydrogen) atoms. The number of carbonyl (C=O) groups is 2. The number of amides is 3. The van der Waals surface area contributed by atoms with Gasteiger partial charge in [0, 0.05) is 68.5 Å². The molecule has 2 saturated heterocycles. The van der Waals surface area contributed by atoms with Gasteiger partial charge in [0.1, 0.15) is 0 Å². The van der Waals surface area contributed by atoms with Crippen LogP contribution in [0.4, 0.5) is 10.5 Å². The van der Waals surface area contributed by atoms with Crippen LogP contribution in [-0.4, -0.2) is 68.1 Å². The van der Waals surface area contributed by atoms with Gasteiger partial charge in [-0.25, -0.2) is 4.79 Å². The Morgan fingerprint density at radius 1 is 0.968 bits per heavy atom. The third-order valence-electron chi connectivity index (χ3n) is 6.29. The summed E-state index contributed by atoms with van der Waals surface area (Å²) >= 11 is 5.99. The lowest BCUT2D eigenvalue weighted by molar-refractivity contribution is 0.0746. The Labute approximate surface area is 188 Å². The van der Waals surface area contributed by atoms with Crippen LogP contribution in [0.15, 0.2) is 48.5 Å². The van der Waals surface area contributed by atoms with Gasteiger partial charge in [-0.2, -0.15) is 0 Å². The van der Waals surface area contributed by atoms with Gasteiger partial charge in [0.25, 0.3) is 5.91 Å². The van der Waals surface area contributed by atoms with Gasteiger partial charge in [-0.15, -0.1) is 0 Å². The van der Waals surface area contributed by atoms with Gasteiger partial charge in [0.05, 0.1) is 0 Å². The maximum atomic E-state index is 13.2. The average Bonchev–Trinajstić information content (AvgIpc) is 2.84. The zero-order valence-corrected chi connectivity index (χ0v) is 18.6. The highest BCUT2D eigenvalue weighted by molar-refractivity contribution is 6.30. The van der Waals surface area contributed by atoms with Gasteiger partial charge < -0.3 is 20.0 Å². The van der Waals surface area contributed by atoms with Gasteiger partial charge in [-0.3, -0.25) is 4.79 Å². The number of nitrogens with one attached hydrogen (secondary N) is 1. The molecule has 2 heterocycles. The summed E-state index contributed by atoms with van der Waals surface area (Å²) in [4.78, 5) is 31.2. The van der Waals surface area contributed by atoms with Gasteiger partial charge in [-0.1, -0.05) is 23.7 Å². The number of carbonyl (C=O) groups excluding carboxylic acids is 2. The highest BCUT2D eigenvalue weighted by Gasteiger charge is 2.26. The first-order valence-electron chi connectivity index (χ1n) is 10.9. The van der Waals surface area contributed by atoms with Crippen LogP contribution >= 0.6 is 11.6 Å². The monoisotopic (exact) mass is 440 g/mol. The summed E-state index contributed by atoms with van der Waals surface area (Å²) in [5.74, 6) is 0.345. The Balaban J connectivity index is 1.39. The molecule has 6 nitrogen and oxygen atoms in total. The van der Waals surface area contributed by atoms with Crippen molar-refractivity contribution in [3.8, 4) is 0 Å². The maximum absolute atomic E-state index is 13.2. The second-order valence-electron chi connectivity index (χ2n) is 8.22. The van der Waals surface area contributed by atoms with E-state index >= 15 is 0 Å². The van der Waals surface area contributed by atoms with Crippen molar-refractivity contribution in [2.75, 3.05) is 51.2 Å². The van der Waals surface area contributed by atoms with Crippen molar-refractivity contribution in [3.05, 3.63) is 64.7 Å². The highest BCUT2D eigenvalue weighted by Crippen LogP contribution is 2.28. The molecule has 0 aliphatic carbocycles. The van der Waals surface area contributed by atoms with Crippen molar-refractivity contribution in [1.29, 1.82) is 0 Å². The lowest BCUT2D eigenvalue weighted by Crippen LogP contribution is -2.48. The molecule has 2 aliphatic heterocycles. The largest absolute Gasteiger partial charge is 0.368 e. The molecule has 164 valence electrons. The summed E-state index contributed by atoms with van der Waals surface area (Å²) in [6.07, 6.45) is 2.01. The summed E-state index contributed by atoms with van der Waals surface area (Å²) < 4.78 is 0. The van der Waals surface area contributed by atoms with Crippen molar-refractivity contribution in [2.24, 2.45) is 0 Å². The summed E-state index contributed by atoms with van der Waals surface area (Å²) in [5, 5.41) is 3.44. The number of rotatable bonds is 3. The standard InChI is InChI=1S/C24H29ClN4O2/c1-26-24(31)29-11-3-6-20(17-29)18-4-2-5-19(16-18)23(30)28-14-12-27(13-15-28)22-9-7-21(25)8-10-22/h2,4-5,7-10,16,20H,3,6,11-15,17H2,1H3,(H,26,31)/t20-/m0/s1. The number of piperidine rings is 1. The van der Waals surface area contributed by atoms with Crippen LogP contribution in [0.5, 0.6) is 0 Å². The quantitative estimate of drug-likeness (QED) is 0.789. The predicted octanol–water partition coefficient (Wildman–Crippen LogP) is 3.82. The number of likely N-dealkylation sites (tertiary alicyclic amines) is 1. The molecular formula is C24H29ClN4O2. The fourth-order valence-electron chi connectivity index (χ4n) is 4.52. The zero-order chi connectivity index (χ0) is 21.8. The molecule has 4 rings (SSSR count). The van der Waals surface area contributed by atoms with Crippen LogP contribution in [-0.2, 0) is 0 Å². The minimum absolute atomic E-state index is 0.0320. The van der Waals surface area contributed by atoms with Gasteiger partial charge in [0.2, 0.25) is 0 Å². The molecule has 3 amide bonds. The van der Waals surface area contributed by atoms with Crippen molar-refractivity contribution in [2.45, 2.75) is 18.8 Å². The van der Waals surface area contributed by atoms with E-state index in [2.05, 4.69) is 16.3 Å². The molecule has 1 atom stereocenters. The van der Waals surface area contributed by atoms with Gasteiger partial charge in [-0.05, 0) is 54.8 Å². The van der Waals surface area contributed by atoms with E-state index in [1.54, 1.807) is 7.05 Å². The van der Waals surface area contributed by atoms with Crippen LogP contribution in [0.1, 0.15) is 34.7 Å². The zero-order valence-electron chi connectivity index (χ0n) is 17.9. The predicted molar refractivity (Wildman–Crippen MR) is 124 cm³/mol. The van der Waals surface area contributed by atoms with Crippen LogP contribution < -0.4 is 10.2 Å². The summed E-state index contributed by atoms with van der Waals surface area (Å²) in [5.41, 5.74) is 3.00. The minimum Gasteiger partial charge on any atom is -0.368 e. The average molecular weight is 441 g/mol. The summed E-state index contributed by atoms with van der Waals surface area (Å²) in [6, 6.07) is 15.8. The van der Waals surface area contributed by atoms with Gasteiger partial charge >= 0.3 is 6.03 Å². The molecule has 0 spiro atoms. The van der Waals surface area contributed by atoms with Crippen molar-refractivity contribution in [3.63, 3.8) is 0 Å². The summed E-state index contributed by atoms with van der Waals surface area (Å²) in [7, 11) is 1.66. The number of piperazine rings is 1. The molecule has 0 saturated carbocycles. The molecule has 2 aliphatic rings. The second-order valence-corrected chi connectivity index (χ2v) is 8.66.